The molecule has 0 atom stereocenters. The minimum atomic E-state index is -4.02. The molecule has 0 aliphatic heterocycles. The molecule has 176 valence electrons. The maximum absolute atomic E-state index is 13.0. The molecule has 10 heteroatoms. The first kappa shape index (κ1) is 23.3. The van der Waals surface area contributed by atoms with E-state index in [1.165, 1.54) is 24.3 Å². The molecule has 4 aromatic rings. The Morgan fingerprint density at radius 1 is 0.941 bits per heavy atom. The van der Waals surface area contributed by atoms with Crippen LogP contribution >= 0.6 is 0 Å². The van der Waals surface area contributed by atoms with Gasteiger partial charge in [-0.15, -0.1) is 0 Å². The highest BCUT2D eigenvalue weighted by Crippen LogP contribution is 2.22. The molecule has 3 aromatic carbocycles. The number of hydrogen-bond acceptors (Lipinski definition) is 5. The molecule has 0 bridgehead atoms. The summed E-state index contributed by atoms with van der Waals surface area (Å²) in [5, 5.41) is 2.85. The van der Waals surface area contributed by atoms with Crippen LogP contribution in [0.1, 0.15) is 28.4 Å². The lowest BCUT2D eigenvalue weighted by Crippen LogP contribution is -2.25. The number of rotatable bonds is 9. The fourth-order valence-corrected chi connectivity index (χ4v) is 4.61. The lowest BCUT2D eigenvalue weighted by Gasteiger charge is -2.14. The van der Waals surface area contributed by atoms with Gasteiger partial charge in [0.25, 0.3) is 15.9 Å². The van der Waals surface area contributed by atoms with Crippen molar-refractivity contribution in [2.75, 3.05) is 11.3 Å². The lowest BCUT2D eigenvalue weighted by molar-refractivity contribution is 0.0950. The van der Waals surface area contributed by atoms with Gasteiger partial charge in [-0.05, 0) is 48.4 Å². The highest BCUT2D eigenvalue weighted by atomic mass is 32.2. The molecule has 0 aliphatic carbocycles. The number of aromatic amines is 2. The van der Waals surface area contributed by atoms with Gasteiger partial charge in [0.1, 0.15) is 0 Å². The van der Waals surface area contributed by atoms with E-state index >= 15 is 0 Å². The van der Waals surface area contributed by atoms with Crippen LogP contribution in [-0.2, 0) is 27.9 Å². The number of carbonyl (C=O) groups excluding carboxylic acids is 1. The monoisotopic (exact) mass is 480 g/mol. The summed E-state index contributed by atoms with van der Waals surface area (Å²) in [6.07, 6.45) is 0. The molecule has 1 amide bonds. The SMILES string of the molecule is CCOCc1ccccc1CNC(=O)c1ccccc1NS(=O)(=O)c1ccc2[nH]c(=O)[nH]c2c1. The highest BCUT2D eigenvalue weighted by Gasteiger charge is 2.19. The minimum absolute atomic E-state index is 0.0460. The van der Waals surface area contributed by atoms with E-state index in [-0.39, 0.29) is 22.7 Å². The normalized spacial score (nSPS) is 11.4. The predicted molar refractivity (Wildman–Crippen MR) is 129 cm³/mol. The summed E-state index contributed by atoms with van der Waals surface area (Å²) in [6.45, 7) is 3.20. The fourth-order valence-electron chi connectivity index (χ4n) is 3.51. The number of anilines is 1. The molecule has 9 nitrogen and oxygen atoms in total. The number of hydrogen-bond donors (Lipinski definition) is 4. The zero-order chi connectivity index (χ0) is 24.1. The van der Waals surface area contributed by atoms with Gasteiger partial charge in [-0.1, -0.05) is 36.4 Å². The highest BCUT2D eigenvalue weighted by molar-refractivity contribution is 7.92. The molecule has 0 spiro atoms. The zero-order valence-corrected chi connectivity index (χ0v) is 19.2. The van der Waals surface area contributed by atoms with Crippen molar-refractivity contribution in [1.29, 1.82) is 0 Å². The number of nitrogens with one attached hydrogen (secondary N) is 4. The Morgan fingerprint density at radius 3 is 2.44 bits per heavy atom. The van der Waals surface area contributed by atoms with Gasteiger partial charge in [0.2, 0.25) is 0 Å². The van der Waals surface area contributed by atoms with Crippen molar-refractivity contribution in [2.45, 2.75) is 25.0 Å². The fraction of sp³-hybridized carbons (Fsp3) is 0.167. The second-order valence-corrected chi connectivity index (χ2v) is 9.21. The molecule has 1 aromatic heterocycles. The number of sulfonamides is 1. The second kappa shape index (κ2) is 9.94. The Kier molecular flexibility index (Phi) is 6.80. The molecule has 0 fully saturated rings. The van der Waals surface area contributed by atoms with Gasteiger partial charge >= 0.3 is 5.69 Å². The Labute approximate surface area is 196 Å². The molecule has 0 unspecified atom stereocenters. The zero-order valence-electron chi connectivity index (χ0n) is 18.4. The third kappa shape index (κ3) is 5.19. The lowest BCUT2D eigenvalue weighted by atomic mass is 10.1. The topological polar surface area (TPSA) is 133 Å². The van der Waals surface area contributed by atoms with Crippen LogP contribution in [0.2, 0.25) is 0 Å². The molecule has 34 heavy (non-hydrogen) atoms. The third-order valence-corrected chi connectivity index (χ3v) is 6.60. The van der Waals surface area contributed by atoms with Crippen LogP contribution in [0.3, 0.4) is 0 Å². The summed E-state index contributed by atoms with van der Waals surface area (Å²) < 4.78 is 34.0. The van der Waals surface area contributed by atoms with E-state index in [9.17, 15) is 18.0 Å². The van der Waals surface area contributed by atoms with Gasteiger partial charge in [0.15, 0.2) is 0 Å². The smallest absolute Gasteiger partial charge is 0.323 e. The predicted octanol–water partition coefficient (Wildman–Crippen LogP) is 3.12. The molecular formula is C24H24N4O5S. The summed E-state index contributed by atoms with van der Waals surface area (Å²) >= 11 is 0. The minimum Gasteiger partial charge on any atom is -0.377 e. The first-order chi connectivity index (χ1) is 16.4. The number of ether oxygens (including phenoxy) is 1. The van der Waals surface area contributed by atoms with Crippen LogP contribution in [-0.4, -0.2) is 30.9 Å². The average Bonchev–Trinajstić information content (AvgIpc) is 3.21. The van der Waals surface area contributed by atoms with Crippen molar-refractivity contribution in [3.63, 3.8) is 0 Å². The van der Waals surface area contributed by atoms with Crippen LogP contribution in [0.4, 0.5) is 5.69 Å². The Balaban J connectivity index is 1.53. The number of benzene rings is 3. The Bertz CT molecular complexity index is 1490. The number of fused-ring (bicyclic) bond motifs is 1. The number of H-pyrrole nitrogens is 2. The van der Waals surface area contributed by atoms with Crippen LogP contribution in [0.25, 0.3) is 11.0 Å². The maximum Gasteiger partial charge on any atom is 0.323 e. The summed E-state index contributed by atoms with van der Waals surface area (Å²) in [4.78, 5) is 29.5. The number of aromatic nitrogens is 2. The molecule has 0 aliphatic rings. The number of para-hydroxylation sites is 1. The number of amides is 1. The first-order valence-electron chi connectivity index (χ1n) is 10.6. The summed E-state index contributed by atoms with van der Waals surface area (Å²) in [5.41, 5.74) is 2.64. The van der Waals surface area contributed by atoms with Crippen molar-refractivity contribution in [3.05, 3.63) is 93.9 Å². The summed E-state index contributed by atoms with van der Waals surface area (Å²) in [6, 6.07) is 18.2. The molecule has 1 heterocycles. The van der Waals surface area contributed by atoms with Crippen LogP contribution in [0, 0.1) is 0 Å². The van der Waals surface area contributed by atoms with Gasteiger partial charge in [0.05, 0.1) is 33.8 Å². The van der Waals surface area contributed by atoms with Gasteiger partial charge in [-0.25, -0.2) is 13.2 Å². The van der Waals surface area contributed by atoms with Crippen LogP contribution in [0.5, 0.6) is 0 Å². The Morgan fingerprint density at radius 2 is 1.65 bits per heavy atom. The van der Waals surface area contributed by atoms with Crippen molar-refractivity contribution in [3.8, 4) is 0 Å². The first-order valence-corrected chi connectivity index (χ1v) is 12.1. The van der Waals surface area contributed by atoms with Crippen molar-refractivity contribution >= 4 is 32.7 Å². The van der Waals surface area contributed by atoms with Crippen LogP contribution < -0.4 is 15.7 Å². The van der Waals surface area contributed by atoms with E-state index in [4.69, 9.17) is 4.74 Å². The van der Waals surface area contributed by atoms with E-state index < -0.39 is 21.6 Å². The molecular weight excluding hydrogens is 456 g/mol. The molecule has 0 saturated heterocycles. The molecule has 0 saturated carbocycles. The van der Waals surface area contributed by atoms with E-state index in [2.05, 4.69) is 20.0 Å². The summed E-state index contributed by atoms with van der Waals surface area (Å²) in [7, 11) is -4.02. The van der Waals surface area contributed by atoms with Crippen molar-refractivity contribution in [2.24, 2.45) is 0 Å². The standard InChI is InChI=1S/C24H24N4O5S/c1-2-33-15-17-8-4-3-7-16(17)14-25-23(29)19-9-5-6-10-20(19)28-34(31,32)18-11-12-21-22(13-18)27-24(30)26-21/h3-13,28H,2,14-15H2,1H3,(H,25,29)(H2,26,27,30). The molecule has 0 radical (unpaired) electrons. The number of imidazole rings is 1. The average molecular weight is 481 g/mol. The second-order valence-electron chi connectivity index (χ2n) is 7.53. The van der Waals surface area contributed by atoms with E-state index in [1.807, 2.05) is 31.2 Å². The largest absolute Gasteiger partial charge is 0.377 e. The van der Waals surface area contributed by atoms with Gasteiger partial charge in [-0.2, -0.15) is 0 Å². The van der Waals surface area contributed by atoms with E-state index in [1.54, 1.807) is 18.2 Å². The quantitative estimate of drug-likeness (QED) is 0.292. The van der Waals surface area contributed by atoms with Crippen molar-refractivity contribution in [1.82, 2.24) is 15.3 Å². The van der Waals surface area contributed by atoms with E-state index in [0.29, 0.717) is 24.2 Å². The van der Waals surface area contributed by atoms with Gasteiger partial charge < -0.3 is 20.0 Å². The Hall–Kier alpha value is -3.89. The molecule has 4 rings (SSSR count). The maximum atomic E-state index is 13.0. The van der Waals surface area contributed by atoms with Gasteiger partial charge in [0, 0.05) is 13.2 Å². The third-order valence-electron chi connectivity index (χ3n) is 5.23. The van der Waals surface area contributed by atoms with Gasteiger partial charge in [-0.3, -0.25) is 9.52 Å². The summed E-state index contributed by atoms with van der Waals surface area (Å²) in [5.74, 6) is -0.421. The molecule has 4 N–H and O–H groups in total. The van der Waals surface area contributed by atoms with E-state index in [0.717, 1.165) is 11.1 Å². The van der Waals surface area contributed by atoms with Crippen LogP contribution in [0.15, 0.2) is 76.4 Å². The van der Waals surface area contributed by atoms with Crippen molar-refractivity contribution < 1.29 is 17.9 Å². The number of carbonyl (C=O) groups is 1.